The molecule has 1 N–H and O–H groups in total. The molecule has 0 aromatic heterocycles. The van der Waals surface area contributed by atoms with E-state index < -0.39 is 41.3 Å². The lowest BCUT2D eigenvalue weighted by Crippen LogP contribution is -2.31. The van der Waals surface area contributed by atoms with Gasteiger partial charge in [0.15, 0.2) is 17.7 Å². The van der Waals surface area contributed by atoms with Crippen LogP contribution in [0.1, 0.15) is 54.7 Å². The molecule has 0 unspecified atom stereocenters. The SMILES string of the molecule is C[C@@H](OC(=O)c1cccc2c1C(=O)c1ccccc1C2=O)C(=O)Nc1cccc(C(F)(F)F)c1. The van der Waals surface area contributed by atoms with Gasteiger partial charge in [-0.3, -0.25) is 14.4 Å². The third-order valence-electron chi connectivity index (χ3n) is 5.28. The molecule has 34 heavy (non-hydrogen) atoms. The van der Waals surface area contributed by atoms with Crippen LogP contribution in [-0.2, 0) is 15.7 Å². The molecule has 0 heterocycles. The molecule has 1 atom stereocenters. The fourth-order valence-electron chi connectivity index (χ4n) is 3.61. The summed E-state index contributed by atoms with van der Waals surface area (Å²) in [5.41, 5.74) is -0.980. The molecule has 0 radical (unpaired) electrons. The molecule has 3 aromatic carbocycles. The summed E-state index contributed by atoms with van der Waals surface area (Å²) in [7, 11) is 0. The first-order valence-electron chi connectivity index (χ1n) is 10.1. The third kappa shape index (κ3) is 4.19. The highest BCUT2D eigenvalue weighted by Gasteiger charge is 2.34. The number of carbonyl (C=O) groups is 4. The lowest BCUT2D eigenvalue weighted by Gasteiger charge is -2.20. The van der Waals surface area contributed by atoms with E-state index in [4.69, 9.17) is 4.74 Å². The number of ketones is 2. The van der Waals surface area contributed by atoms with Crippen molar-refractivity contribution in [2.75, 3.05) is 5.32 Å². The second-order valence-corrected chi connectivity index (χ2v) is 7.55. The molecule has 0 saturated heterocycles. The number of ether oxygens (including phenoxy) is 1. The number of carbonyl (C=O) groups excluding carboxylic acids is 4. The Labute approximate surface area is 191 Å². The Bertz CT molecular complexity index is 1350. The van der Waals surface area contributed by atoms with Gasteiger partial charge < -0.3 is 10.1 Å². The summed E-state index contributed by atoms with van der Waals surface area (Å²) in [5, 5.41) is 2.26. The van der Waals surface area contributed by atoms with Gasteiger partial charge in [0, 0.05) is 27.9 Å². The van der Waals surface area contributed by atoms with Crippen molar-refractivity contribution in [3.05, 3.63) is 100 Å². The number of halogens is 3. The molecule has 1 aliphatic carbocycles. The third-order valence-corrected chi connectivity index (χ3v) is 5.28. The average Bonchev–Trinajstić information content (AvgIpc) is 2.81. The zero-order valence-corrected chi connectivity index (χ0v) is 17.6. The standard InChI is InChI=1S/C25H16F3NO5/c1-13(23(32)29-15-7-4-6-14(12-15)25(26,27)28)34-24(33)19-11-5-10-18-20(19)22(31)17-9-3-2-8-16(17)21(18)30/h2-13H,1H3,(H,29,32)/t13-/m1/s1. The van der Waals surface area contributed by atoms with E-state index in [0.29, 0.717) is 0 Å². The molecule has 6 nitrogen and oxygen atoms in total. The molecule has 9 heteroatoms. The van der Waals surface area contributed by atoms with Crippen LogP contribution in [0.25, 0.3) is 0 Å². The molecule has 0 aliphatic heterocycles. The molecular weight excluding hydrogens is 451 g/mol. The number of rotatable bonds is 4. The molecule has 0 fully saturated rings. The summed E-state index contributed by atoms with van der Waals surface area (Å²) in [5.74, 6) is -2.84. The van der Waals surface area contributed by atoms with E-state index in [0.717, 1.165) is 18.2 Å². The highest BCUT2D eigenvalue weighted by molar-refractivity contribution is 6.30. The van der Waals surface area contributed by atoms with Gasteiger partial charge in [-0.25, -0.2) is 4.79 Å². The van der Waals surface area contributed by atoms with E-state index in [1.54, 1.807) is 12.1 Å². The summed E-state index contributed by atoms with van der Waals surface area (Å²) in [6.45, 7) is 1.23. The molecule has 0 spiro atoms. The van der Waals surface area contributed by atoms with Crippen LogP contribution in [0.3, 0.4) is 0 Å². The molecule has 1 aliphatic rings. The minimum Gasteiger partial charge on any atom is -0.449 e. The first-order valence-corrected chi connectivity index (χ1v) is 10.1. The number of anilines is 1. The van der Waals surface area contributed by atoms with E-state index >= 15 is 0 Å². The molecule has 1 amide bonds. The van der Waals surface area contributed by atoms with Gasteiger partial charge in [-0.05, 0) is 31.2 Å². The monoisotopic (exact) mass is 467 g/mol. The summed E-state index contributed by atoms with van der Waals surface area (Å²) in [6.07, 6.45) is -5.99. The maximum absolute atomic E-state index is 13.0. The van der Waals surface area contributed by atoms with Crippen LogP contribution >= 0.6 is 0 Å². The number of esters is 1. The van der Waals surface area contributed by atoms with E-state index in [1.807, 2.05) is 0 Å². The molecular formula is C25H16F3NO5. The van der Waals surface area contributed by atoms with Gasteiger partial charge in [-0.1, -0.05) is 42.5 Å². The predicted octanol–water partition coefficient (Wildman–Crippen LogP) is 4.66. The van der Waals surface area contributed by atoms with Crippen LogP contribution < -0.4 is 5.32 Å². The summed E-state index contributed by atoms with van der Waals surface area (Å²) in [4.78, 5) is 51.1. The summed E-state index contributed by atoms with van der Waals surface area (Å²) < 4.78 is 43.8. The van der Waals surface area contributed by atoms with E-state index in [2.05, 4.69) is 5.32 Å². The Balaban J connectivity index is 1.54. The maximum Gasteiger partial charge on any atom is 0.416 e. The number of hydrogen-bond donors (Lipinski definition) is 1. The quantitative estimate of drug-likeness (QED) is 0.441. The summed E-state index contributed by atoms with van der Waals surface area (Å²) >= 11 is 0. The number of hydrogen-bond acceptors (Lipinski definition) is 5. The van der Waals surface area contributed by atoms with Crippen LogP contribution in [0.15, 0.2) is 66.7 Å². The van der Waals surface area contributed by atoms with Crippen molar-refractivity contribution in [2.24, 2.45) is 0 Å². The minimum absolute atomic E-state index is 0.0409. The van der Waals surface area contributed by atoms with Crippen molar-refractivity contribution in [2.45, 2.75) is 19.2 Å². The van der Waals surface area contributed by atoms with Crippen molar-refractivity contribution in [1.82, 2.24) is 0 Å². The second kappa shape index (κ2) is 8.58. The van der Waals surface area contributed by atoms with Gasteiger partial charge in [0.1, 0.15) is 0 Å². The number of amides is 1. The topological polar surface area (TPSA) is 89.5 Å². The van der Waals surface area contributed by atoms with Crippen LogP contribution in [-0.4, -0.2) is 29.5 Å². The Morgan fingerprint density at radius 2 is 1.47 bits per heavy atom. The Morgan fingerprint density at radius 1 is 0.853 bits per heavy atom. The highest BCUT2D eigenvalue weighted by Crippen LogP contribution is 2.31. The maximum atomic E-state index is 13.0. The molecule has 0 bridgehead atoms. The zero-order valence-electron chi connectivity index (χ0n) is 17.6. The number of nitrogens with one attached hydrogen (secondary N) is 1. The van der Waals surface area contributed by atoms with Crippen LogP contribution in [0.2, 0.25) is 0 Å². The van der Waals surface area contributed by atoms with Crippen LogP contribution in [0.5, 0.6) is 0 Å². The van der Waals surface area contributed by atoms with Crippen molar-refractivity contribution < 1.29 is 37.1 Å². The van der Waals surface area contributed by atoms with Crippen molar-refractivity contribution in [3.63, 3.8) is 0 Å². The van der Waals surface area contributed by atoms with Crippen molar-refractivity contribution in [3.8, 4) is 0 Å². The predicted molar refractivity (Wildman–Crippen MR) is 115 cm³/mol. The van der Waals surface area contributed by atoms with Gasteiger partial charge in [0.25, 0.3) is 5.91 Å². The van der Waals surface area contributed by atoms with Crippen LogP contribution in [0, 0.1) is 0 Å². The van der Waals surface area contributed by atoms with Crippen molar-refractivity contribution >= 4 is 29.1 Å². The van der Waals surface area contributed by atoms with Gasteiger partial charge >= 0.3 is 12.1 Å². The molecule has 172 valence electrons. The molecule has 4 rings (SSSR count). The van der Waals surface area contributed by atoms with Gasteiger partial charge in [0.05, 0.1) is 11.1 Å². The van der Waals surface area contributed by atoms with Gasteiger partial charge in [-0.15, -0.1) is 0 Å². The van der Waals surface area contributed by atoms with E-state index in [9.17, 15) is 32.3 Å². The Hall–Kier alpha value is -4.27. The molecule has 3 aromatic rings. The molecule has 0 saturated carbocycles. The van der Waals surface area contributed by atoms with Crippen LogP contribution in [0.4, 0.5) is 18.9 Å². The van der Waals surface area contributed by atoms with E-state index in [1.165, 1.54) is 43.3 Å². The largest absolute Gasteiger partial charge is 0.449 e. The highest BCUT2D eigenvalue weighted by atomic mass is 19.4. The normalized spacial score (nSPS) is 13.5. The first kappa shape index (κ1) is 22.9. The fraction of sp³-hybridized carbons (Fsp3) is 0.120. The number of fused-ring (bicyclic) bond motifs is 2. The fourth-order valence-corrected chi connectivity index (χ4v) is 3.61. The zero-order chi connectivity index (χ0) is 24.6. The lowest BCUT2D eigenvalue weighted by molar-refractivity contribution is -0.137. The number of alkyl halides is 3. The second-order valence-electron chi connectivity index (χ2n) is 7.55. The van der Waals surface area contributed by atoms with Crippen molar-refractivity contribution in [1.29, 1.82) is 0 Å². The minimum atomic E-state index is -4.59. The first-order chi connectivity index (χ1) is 16.1. The lowest BCUT2D eigenvalue weighted by atomic mass is 9.82. The Morgan fingerprint density at radius 3 is 2.15 bits per heavy atom. The smallest absolute Gasteiger partial charge is 0.416 e. The Kier molecular flexibility index (Phi) is 5.78. The summed E-state index contributed by atoms with van der Waals surface area (Å²) in [6, 6.07) is 14.4. The van der Waals surface area contributed by atoms with E-state index in [-0.39, 0.29) is 33.5 Å². The van der Waals surface area contributed by atoms with Gasteiger partial charge in [-0.2, -0.15) is 13.2 Å². The average molecular weight is 467 g/mol. The number of benzene rings is 3. The van der Waals surface area contributed by atoms with Gasteiger partial charge in [0.2, 0.25) is 0 Å².